The van der Waals surface area contributed by atoms with E-state index in [2.05, 4.69) is 170 Å². The van der Waals surface area contributed by atoms with E-state index in [1.165, 1.54) is 27.3 Å². The highest BCUT2D eigenvalue weighted by Crippen LogP contribution is 2.43. The molecule has 9 aromatic carbocycles. The van der Waals surface area contributed by atoms with Crippen LogP contribution in [0.4, 0.5) is 0 Å². The summed E-state index contributed by atoms with van der Waals surface area (Å²) in [5.41, 5.74) is 8.90. The molecule has 0 N–H and O–H groups in total. The second-order valence-corrected chi connectivity index (χ2v) is 14.0. The summed E-state index contributed by atoms with van der Waals surface area (Å²) in [5, 5.41) is 8.93. The summed E-state index contributed by atoms with van der Waals surface area (Å²) >= 11 is 0. The van der Waals surface area contributed by atoms with Crippen molar-refractivity contribution in [2.45, 2.75) is 0 Å². The van der Waals surface area contributed by atoms with Crippen LogP contribution in [0.1, 0.15) is 0 Å². The lowest BCUT2D eigenvalue weighted by molar-refractivity contribution is 0.670. The van der Waals surface area contributed by atoms with E-state index in [1.807, 2.05) is 18.2 Å². The Hall–Kier alpha value is -7.43. The van der Waals surface area contributed by atoms with E-state index in [-0.39, 0.29) is 0 Å². The lowest BCUT2D eigenvalue weighted by Crippen LogP contribution is -2.01. The molecule has 0 aliphatic rings. The third-order valence-corrected chi connectivity index (χ3v) is 10.7. The highest BCUT2D eigenvalue weighted by atomic mass is 16.3. The van der Waals surface area contributed by atoms with Crippen LogP contribution in [0.3, 0.4) is 0 Å². The molecule has 0 atom stereocenters. The van der Waals surface area contributed by atoms with E-state index in [0.29, 0.717) is 17.5 Å². The Labute approximate surface area is 317 Å². The molecule has 0 saturated heterocycles. The van der Waals surface area contributed by atoms with Crippen molar-refractivity contribution in [1.29, 1.82) is 0 Å². The average molecular weight is 702 g/mol. The molecule has 256 valence electrons. The van der Waals surface area contributed by atoms with Gasteiger partial charge in [0, 0.05) is 33.0 Å². The van der Waals surface area contributed by atoms with Crippen LogP contribution in [0.25, 0.3) is 111 Å². The fraction of sp³-hybridized carbons (Fsp3) is 0. The number of furan rings is 1. The van der Waals surface area contributed by atoms with Crippen molar-refractivity contribution < 1.29 is 4.42 Å². The number of hydrogen-bond acceptors (Lipinski definition) is 4. The molecule has 11 aromatic rings. The molecule has 2 heterocycles. The van der Waals surface area contributed by atoms with Crippen molar-refractivity contribution >= 4 is 54.3 Å². The highest BCUT2D eigenvalue weighted by Gasteiger charge is 2.21. The van der Waals surface area contributed by atoms with E-state index >= 15 is 0 Å². The number of benzene rings is 9. The maximum absolute atomic E-state index is 6.75. The summed E-state index contributed by atoms with van der Waals surface area (Å²) in [5.74, 6) is 1.82. The summed E-state index contributed by atoms with van der Waals surface area (Å²) in [6, 6.07) is 65.8. The van der Waals surface area contributed by atoms with E-state index < -0.39 is 0 Å². The second kappa shape index (κ2) is 12.6. The largest absolute Gasteiger partial charge is 0.455 e. The molecule has 0 spiro atoms. The lowest BCUT2D eigenvalue weighted by Gasteiger charge is -2.12. The van der Waals surface area contributed by atoms with Crippen molar-refractivity contribution in [1.82, 2.24) is 15.0 Å². The molecule has 0 radical (unpaired) electrons. The van der Waals surface area contributed by atoms with Crippen molar-refractivity contribution in [3.05, 3.63) is 188 Å². The molecular weight excluding hydrogens is 671 g/mol. The summed E-state index contributed by atoms with van der Waals surface area (Å²) in [7, 11) is 0. The van der Waals surface area contributed by atoms with Crippen LogP contribution in [-0.4, -0.2) is 15.0 Å². The molecule has 0 bridgehead atoms. The van der Waals surface area contributed by atoms with Crippen molar-refractivity contribution in [3.8, 4) is 56.4 Å². The van der Waals surface area contributed by atoms with Crippen molar-refractivity contribution in [2.24, 2.45) is 0 Å². The van der Waals surface area contributed by atoms with Crippen molar-refractivity contribution in [3.63, 3.8) is 0 Å². The van der Waals surface area contributed by atoms with Gasteiger partial charge in [0.25, 0.3) is 0 Å². The van der Waals surface area contributed by atoms with Crippen LogP contribution < -0.4 is 0 Å². The number of aromatic nitrogens is 3. The molecular formula is C51H31N3O. The maximum atomic E-state index is 6.75. The topological polar surface area (TPSA) is 51.8 Å². The fourth-order valence-electron chi connectivity index (χ4n) is 7.96. The van der Waals surface area contributed by atoms with Gasteiger partial charge in [0.2, 0.25) is 0 Å². The van der Waals surface area contributed by atoms with E-state index in [4.69, 9.17) is 19.4 Å². The molecule has 4 heteroatoms. The summed E-state index contributed by atoms with van der Waals surface area (Å²) < 4.78 is 6.75. The smallest absolute Gasteiger partial charge is 0.164 e. The van der Waals surface area contributed by atoms with Crippen LogP contribution >= 0.6 is 0 Å². The van der Waals surface area contributed by atoms with Crippen LogP contribution in [0.15, 0.2) is 192 Å². The summed E-state index contributed by atoms with van der Waals surface area (Å²) in [6.07, 6.45) is 0. The Balaban J connectivity index is 1.14. The SMILES string of the molecule is c1ccc(-c2ccc3cc(-c4nc(-c5ccc6ccccc6c5)nc(-c5ccc(-c6cccc7ccccc67)c6oc7ccccc7c56)n4)ccc3c2)cc1. The highest BCUT2D eigenvalue weighted by molar-refractivity contribution is 6.17. The van der Waals surface area contributed by atoms with Gasteiger partial charge in [-0.1, -0.05) is 152 Å². The minimum absolute atomic E-state index is 0.591. The Morgan fingerprint density at radius 1 is 0.309 bits per heavy atom. The predicted molar refractivity (Wildman–Crippen MR) is 227 cm³/mol. The van der Waals surface area contributed by atoms with Crippen molar-refractivity contribution in [2.75, 3.05) is 0 Å². The van der Waals surface area contributed by atoms with Gasteiger partial charge in [0.05, 0.1) is 0 Å². The molecule has 0 aliphatic carbocycles. The summed E-state index contributed by atoms with van der Waals surface area (Å²) in [6.45, 7) is 0. The Bertz CT molecular complexity index is 3270. The zero-order chi connectivity index (χ0) is 36.3. The van der Waals surface area contributed by atoms with Crippen LogP contribution in [0, 0.1) is 0 Å². The molecule has 2 aromatic heterocycles. The number of nitrogens with zero attached hydrogens (tertiary/aromatic N) is 3. The number of para-hydroxylation sites is 1. The van der Waals surface area contributed by atoms with Crippen LogP contribution in [0.5, 0.6) is 0 Å². The van der Waals surface area contributed by atoms with Crippen LogP contribution in [-0.2, 0) is 0 Å². The van der Waals surface area contributed by atoms with Crippen LogP contribution in [0.2, 0.25) is 0 Å². The first kappa shape index (κ1) is 31.1. The van der Waals surface area contributed by atoms with Gasteiger partial charge in [-0.05, 0) is 85.4 Å². The number of rotatable bonds is 5. The number of fused-ring (bicyclic) bond motifs is 6. The second-order valence-electron chi connectivity index (χ2n) is 14.0. The first-order valence-corrected chi connectivity index (χ1v) is 18.5. The van der Waals surface area contributed by atoms with E-state index in [0.717, 1.165) is 65.9 Å². The van der Waals surface area contributed by atoms with Gasteiger partial charge in [0.1, 0.15) is 11.2 Å². The summed E-state index contributed by atoms with van der Waals surface area (Å²) in [4.78, 5) is 15.7. The standard InChI is InChI=1S/C51H31N3O/c1-2-11-32(12-3-1)36-22-23-38-31-40(26-24-37(38)29-36)50-52-49(39-25-21-33-13-4-5-15-35(33)30-39)53-51(54-50)45-28-27-43(42-19-10-16-34-14-6-7-17-41(34)42)48-47(45)44-18-8-9-20-46(44)55-48/h1-31H. The molecule has 11 rings (SSSR count). The Kier molecular flexibility index (Phi) is 7.14. The van der Waals surface area contributed by atoms with Gasteiger partial charge in [-0.15, -0.1) is 0 Å². The number of hydrogen-bond donors (Lipinski definition) is 0. The average Bonchev–Trinajstić information content (AvgIpc) is 3.65. The van der Waals surface area contributed by atoms with Gasteiger partial charge >= 0.3 is 0 Å². The molecule has 0 amide bonds. The third kappa shape index (κ3) is 5.34. The Morgan fingerprint density at radius 3 is 1.64 bits per heavy atom. The van der Waals surface area contributed by atoms with Gasteiger partial charge in [-0.3, -0.25) is 0 Å². The minimum atomic E-state index is 0.591. The first-order valence-electron chi connectivity index (χ1n) is 18.5. The zero-order valence-corrected chi connectivity index (χ0v) is 29.6. The first-order chi connectivity index (χ1) is 27.2. The normalized spacial score (nSPS) is 11.6. The van der Waals surface area contributed by atoms with E-state index in [1.54, 1.807) is 0 Å². The molecule has 55 heavy (non-hydrogen) atoms. The monoisotopic (exact) mass is 701 g/mol. The molecule has 4 nitrogen and oxygen atoms in total. The minimum Gasteiger partial charge on any atom is -0.455 e. The molecule has 0 aliphatic heterocycles. The lowest BCUT2D eigenvalue weighted by atomic mass is 9.94. The van der Waals surface area contributed by atoms with Gasteiger partial charge in [-0.2, -0.15) is 0 Å². The fourth-order valence-corrected chi connectivity index (χ4v) is 7.96. The third-order valence-electron chi connectivity index (χ3n) is 10.7. The molecule has 0 fully saturated rings. The maximum Gasteiger partial charge on any atom is 0.164 e. The quantitative estimate of drug-likeness (QED) is 0.179. The predicted octanol–water partition coefficient (Wildman–Crippen LogP) is 13.6. The Morgan fingerprint density at radius 2 is 0.855 bits per heavy atom. The molecule has 0 unspecified atom stereocenters. The van der Waals surface area contributed by atoms with Gasteiger partial charge in [-0.25, -0.2) is 15.0 Å². The molecule has 0 saturated carbocycles. The zero-order valence-electron chi connectivity index (χ0n) is 29.6. The van der Waals surface area contributed by atoms with Gasteiger partial charge < -0.3 is 4.42 Å². The van der Waals surface area contributed by atoms with Gasteiger partial charge in [0.15, 0.2) is 17.5 Å². The van der Waals surface area contributed by atoms with E-state index in [9.17, 15) is 0 Å².